The molecule has 0 amide bonds. The van der Waals surface area contributed by atoms with Crippen molar-refractivity contribution < 1.29 is 13.2 Å². The summed E-state index contributed by atoms with van der Waals surface area (Å²) in [4.78, 5) is 2.25. The van der Waals surface area contributed by atoms with Gasteiger partial charge in [-0.15, -0.1) is 12.4 Å². The molecule has 0 radical (unpaired) electrons. The van der Waals surface area contributed by atoms with E-state index < -0.39 is 6.43 Å². The monoisotopic (exact) mass is 356 g/mol. The molecule has 1 N–H and O–H groups in total. The summed E-state index contributed by atoms with van der Waals surface area (Å²) >= 11 is 0. The Morgan fingerprint density at radius 1 is 1.12 bits per heavy atom. The summed E-state index contributed by atoms with van der Waals surface area (Å²) in [6, 6.07) is 13.1. The lowest BCUT2D eigenvalue weighted by atomic mass is 10.0. The van der Waals surface area contributed by atoms with Crippen LogP contribution in [0.4, 0.5) is 13.2 Å². The molecule has 1 unspecified atom stereocenters. The average molecular weight is 357 g/mol. The van der Waals surface area contributed by atoms with E-state index in [4.69, 9.17) is 0 Å². The largest absolute Gasteiger partial charge is 0.314 e. The Balaban J connectivity index is 0.00000208. The van der Waals surface area contributed by atoms with E-state index in [0.29, 0.717) is 6.54 Å². The number of benzene rings is 2. The summed E-state index contributed by atoms with van der Waals surface area (Å²) in [6.45, 7) is 3.10. The van der Waals surface area contributed by atoms with E-state index in [-0.39, 0.29) is 29.8 Å². The van der Waals surface area contributed by atoms with Gasteiger partial charge in [0, 0.05) is 37.8 Å². The number of nitrogens with zero attached hydrogens (tertiary/aromatic N) is 1. The van der Waals surface area contributed by atoms with Gasteiger partial charge in [0.1, 0.15) is 5.82 Å². The van der Waals surface area contributed by atoms with E-state index in [1.807, 2.05) is 6.07 Å². The molecule has 2 aromatic carbocycles. The Morgan fingerprint density at radius 2 is 1.88 bits per heavy atom. The van der Waals surface area contributed by atoms with E-state index >= 15 is 0 Å². The van der Waals surface area contributed by atoms with E-state index in [9.17, 15) is 13.2 Å². The molecule has 6 heteroatoms. The molecular formula is C18H20ClF3N2. The molecule has 1 aliphatic heterocycles. The molecule has 1 fully saturated rings. The van der Waals surface area contributed by atoms with Crippen molar-refractivity contribution in [2.24, 2.45) is 0 Å². The van der Waals surface area contributed by atoms with Crippen molar-refractivity contribution >= 4 is 12.4 Å². The molecule has 0 aliphatic carbocycles. The fourth-order valence-electron chi connectivity index (χ4n) is 2.98. The minimum atomic E-state index is -2.44. The van der Waals surface area contributed by atoms with Crippen LogP contribution in [0.3, 0.4) is 0 Å². The second kappa shape index (κ2) is 8.51. The van der Waals surface area contributed by atoms with Gasteiger partial charge in [-0.25, -0.2) is 13.2 Å². The predicted molar refractivity (Wildman–Crippen MR) is 91.1 cm³/mol. The van der Waals surface area contributed by atoms with Crippen LogP contribution in [0.2, 0.25) is 0 Å². The summed E-state index contributed by atoms with van der Waals surface area (Å²) in [7, 11) is 0. The second-order valence-corrected chi connectivity index (χ2v) is 5.79. The molecule has 1 atom stereocenters. The zero-order chi connectivity index (χ0) is 16.2. The van der Waals surface area contributed by atoms with Crippen LogP contribution in [-0.2, 0) is 6.54 Å². The third kappa shape index (κ3) is 4.50. The highest BCUT2D eigenvalue weighted by molar-refractivity contribution is 5.85. The van der Waals surface area contributed by atoms with Crippen molar-refractivity contribution in [1.82, 2.24) is 10.2 Å². The average Bonchev–Trinajstić information content (AvgIpc) is 2.56. The van der Waals surface area contributed by atoms with Crippen molar-refractivity contribution in [3.05, 3.63) is 71.0 Å². The maximum absolute atomic E-state index is 13.5. The molecule has 0 spiro atoms. The van der Waals surface area contributed by atoms with Gasteiger partial charge in [-0.05, 0) is 23.3 Å². The third-order valence-corrected chi connectivity index (χ3v) is 4.21. The van der Waals surface area contributed by atoms with Gasteiger partial charge in [0.25, 0.3) is 6.43 Å². The van der Waals surface area contributed by atoms with Crippen molar-refractivity contribution in [3.63, 3.8) is 0 Å². The lowest BCUT2D eigenvalue weighted by Crippen LogP contribution is -2.45. The Bertz CT molecular complexity index is 649. The standard InChI is InChI=1S/C18H19F3N2.ClH/c19-16-3-1-2-15(10-16)17-11-22-8-9-23(17)12-13-4-6-14(7-5-13)18(20)21;/h1-7,10,17-18,22H,8-9,11-12H2;1H. The number of rotatable bonds is 4. The van der Waals surface area contributed by atoms with E-state index in [1.165, 1.54) is 18.2 Å². The van der Waals surface area contributed by atoms with Crippen molar-refractivity contribution in [2.45, 2.75) is 19.0 Å². The molecule has 3 rings (SSSR count). The van der Waals surface area contributed by atoms with E-state index in [2.05, 4.69) is 10.2 Å². The van der Waals surface area contributed by atoms with Crippen LogP contribution in [-0.4, -0.2) is 24.5 Å². The zero-order valence-electron chi connectivity index (χ0n) is 13.1. The molecule has 130 valence electrons. The highest BCUT2D eigenvalue weighted by Crippen LogP contribution is 2.25. The Hall–Kier alpha value is -1.56. The minimum Gasteiger partial charge on any atom is -0.314 e. The normalized spacial score (nSPS) is 18.4. The maximum atomic E-state index is 13.5. The van der Waals surface area contributed by atoms with Gasteiger partial charge in [0.2, 0.25) is 0 Å². The third-order valence-electron chi connectivity index (χ3n) is 4.21. The van der Waals surface area contributed by atoms with Crippen LogP contribution in [0.25, 0.3) is 0 Å². The number of nitrogens with one attached hydrogen (secondary N) is 1. The van der Waals surface area contributed by atoms with Gasteiger partial charge >= 0.3 is 0 Å². The van der Waals surface area contributed by atoms with Gasteiger partial charge in [-0.2, -0.15) is 0 Å². The Kier molecular flexibility index (Phi) is 6.66. The molecule has 1 aliphatic rings. The number of alkyl halides is 2. The van der Waals surface area contributed by atoms with Crippen LogP contribution in [0.5, 0.6) is 0 Å². The van der Waals surface area contributed by atoms with Crippen LogP contribution in [0, 0.1) is 5.82 Å². The van der Waals surface area contributed by atoms with Gasteiger partial charge in [0.05, 0.1) is 0 Å². The fourth-order valence-corrected chi connectivity index (χ4v) is 2.98. The summed E-state index contributed by atoms with van der Waals surface area (Å²) in [6.07, 6.45) is -2.44. The predicted octanol–water partition coefficient (Wildman–Crippen LogP) is 4.33. The SMILES string of the molecule is Cl.Fc1cccc(C2CNCCN2Cc2ccc(C(F)F)cc2)c1. The molecule has 0 bridgehead atoms. The summed E-state index contributed by atoms with van der Waals surface area (Å²) in [5, 5.41) is 3.33. The summed E-state index contributed by atoms with van der Waals surface area (Å²) in [5.74, 6) is -0.241. The first-order valence-corrected chi connectivity index (χ1v) is 7.71. The fraction of sp³-hybridized carbons (Fsp3) is 0.333. The highest BCUT2D eigenvalue weighted by atomic mass is 35.5. The molecule has 0 saturated carbocycles. The van der Waals surface area contributed by atoms with Gasteiger partial charge in [0.15, 0.2) is 0 Å². The van der Waals surface area contributed by atoms with Gasteiger partial charge < -0.3 is 5.32 Å². The van der Waals surface area contributed by atoms with Crippen molar-refractivity contribution in [2.75, 3.05) is 19.6 Å². The molecule has 1 saturated heterocycles. The number of hydrogen-bond donors (Lipinski definition) is 1. The van der Waals surface area contributed by atoms with E-state index in [1.54, 1.807) is 24.3 Å². The molecule has 1 heterocycles. The summed E-state index contributed by atoms with van der Waals surface area (Å²) in [5.41, 5.74) is 1.95. The summed E-state index contributed by atoms with van der Waals surface area (Å²) < 4.78 is 38.7. The Labute approximate surface area is 146 Å². The first-order chi connectivity index (χ1) is 11.1. The first kappa shape index (κ1) is 18.8. The quantitative estimate of drug-likeness (QED) is 0.877. The topological polar surface area (TPSA) is 15.3 Å². The molecule has 0 aromatic heterocycles. The van der Waals surface area contributed by atoms with Crippen LogP contribution < -0.4 is 5.32 Å². The van der Waals surface area contributed by atoms with Gasteiger partial charge in [-0.3, -0.25) is 4.90 Å². The lowest BCUT2D eigenvalue weighted by molar-refractivity contribution is 0.150. The molecule has 2 aromatic rings. The van der Waals surface area contributed by atoms with Crippen LogP contribution in [0.1, 0.15) is 29.2 Å². The van der Waals surface area contributed by atoms with Crippen LogP contribution >= 0.6 is 12.4 Å². The smallest absolute Gasteiger partial charge is 0.263 e. The number of halogens is 4. The number of piperazine rings is 1. The second-order valence-electron chi connectivity index (χ2n) is 5.79. The van der Waals surface area contributed by atoms with Crippen LogP contribution in [0.15, 0.2) is 48.5 Å². The lowest BCUT2D eigenvalue weighted by Gasteiger charge is -2.36. The van der Waals surface area contributed by atoms with Gasteiger partial charge in [-0.1, -0.05) is 36.4 Å². The minimum absolute atomic E-state index is 0. The van der Waals surface area contributed by atoms with Crippen molar-refractivity contribution in [1.29, 1.82) is 0 Å². The molecule has 2 nitrogen and oxygen atoms in total. The highest BCUT2D eigenvalue weighted by Gasteiger charge is 2.24. The first-order valence-electron chi connectivity index (χ1n) is 7.71. The van der Waals surface area contributed by atoms with E-state index in [0.717, 1.165) is 30.8 Å². The molecule has 24 heavy (non-hydrogen) atoms. The Morgan fingerprint density at radius 3 is 2.54 bits per heavy atom. The molecular weight excluding hydrogens is 337 g/mol. The number of hydrogen-bond acceptors (Lipinski definition) is 2. The maximum Gasteiger partial charge on any atom is 0.263 e. The zero-order valence-corrected chi connectivity index (χ0v) is 13.9. The van der Waals surface area contributed by atoms with Crippen molar-refractivity contribution in [3.8, 4) is 0 Å².